The van der Waals surface area contributed by atoms with Gasteiger partial charge in [-0.05, 0) is 13.3 Å². The van der Waals surface area contributed by atoms with E-state index in [1.165, 1.54) is 0 Å². The molecule has 0 fully saturated rings. The van der Waals surface area contributed by atoms with Gasteiger partial charge in [-0.25, -0.2) is 9.67 Å². The highest BCUT2D eigenvalue weighted by molar-refractivity contribution is 5.59. The van der Waals surface area contributed by atoms with E-state index in [1.807, 2.05) is 17.7 Å². The first kappa shape index (κ1) is 14.0. The van der Waals surface area contributed by atoms with Crippen LogP contribution in [0.15, 0.2) is 18.7 Å². The standard InChI is InChI=1S/C12H18N6O2/c1-3-6-17-12(11(18(19)20)10(2)15-17)14-5-8-16-7-4-13-9-16/h4,7,9,14H,3,5-6,8H2,1-2H3. The third-order valence-corrected chi connectivity index (χ3v) is 2.94. The van der Waals surface area contributed by atoms with Gasteiger partial charge in [0.25, 0.3) is 0 Å². The molecule has 8 nitrogen and oxygen atoms in total. The second kappa shape index (κ2) is 6.18. The Bertz CT molecular complexity index is 575. The molecule has 0 spiro atoms. The van der Waals surface area contributed by atoms with E-state index in [1.54, 1.807) is 24.1 Å². The minimum absolute atomic E-state index is 0.0593. The summed E-state index contributed by atoms with van der Waals surface area (Å²) < 4.78 is 3.58. The molecule has 0 aliphatic carbocycles. The molecule has 1 N–H and O–H groups in total. The number of aromatic nitrogens is 4. The van der Waals surface area contributed by atoms with Crippen molar-refractivity contribution in [2.45, 2.75) is 33.4 Å². The van der Waals surface area contributed by atoms with Crippen LogP contribution in [-0.2, 0) is 13.1 Å². The van der Waals surface area contributed by atoms with E-state index in [2.05, 4.69) is 15.4 Å². The Balaban J connectivity index is 2.13. The molecule has 0 bridgehead atoms. The maximum atomic E-state index is 11.1. The average molecular weight is 278 g/mol. The maximum absolute atomic E-state index is 11.1. The van der Waals surface area contributed by atoms with Gasteiger partial charge < -0.3 is 9.88 Å². The molecule has 2 heterocycles. The third kappa shape index (κ3) is 2.95. The van der Waals surface area contributed by atoms with Gasteiger partial charge in [-0.15, -0.1) is 0 Å². The molecule has 108 valence electrons. The van der Waals surface area contributed by atoms with Crippen molar-refractivity contribution >= 4 is 11.5 Å². The quantitative estimate of drug-likeness (QED) is 0.616. The predicted molar refractivity (Wildman–Crippen MR) is 74.6 cm³/mol. The monoisotopic (exact) mass is 278 g/mol. The van der Waals surface area contributed by atoms with Gasteiger partial charge in [0.05, 0.1) is 11.3 Å². The fourth-order valence-corrected chi connectivity index (χ4v) is 2.06. The van der Waals surface area contributed by atoms with Crippen molar-refractivity contribution in [2.75, 3.05) is 11.9 Å². The molecule has 8 heteroatoms. The molecular weight excluding hydrogens is 260 g/mol. The Hall–Kier alpha value is -2.38. The van der Waals surface area contributed by atoms with Gasteiger partial charge in [-0.2, -0.15) is 5.10 Å². The van der Waals surface area contributed by atoms with E-state index >= 15 is 0 Å². The molecule has 0 unspecified atom stereocenters. The Labute approximate surface area is 116 Å². The first-order chi connectivity index (χ1) is 9.63. The fraction of sp³-hybridized carbons (Fsp3) is 0.500. The smallest absolute Gasteiger partial charge is 0.333 e. The second-order valence-corrected chi connectivity index (χ2v) is 4.49. The van der Waals surface area contributed by atoms with Crippen LogP contribution in [-0.4, -0.2) is 30.8 Å². The zero-order chi connectivity index (χ0) is 14.5. The van der Waals surface area contributed by atoms with Gasteiger partial charge in [0.15, 0.2) is 0 Å². The predicted octanol–water partition coefficient (Wildman–Crippen LogP) is 1.82. The maximum Gasteiger partial charge on any atom is 0.333 e. The van der Waals surface area contributed by atoms with Crippen LogP contribution in [0.25, 0.3) is 0 Å². The van der Waals surface area contributed by atoms with Gasteiger partial charge in [0, 0.05) is 32.0 Å². The summed E-state index contributed by atoms with van der Waals surface area (Å²) in [6.07, 6.45) is 6.14. The van der Waals surface area contributed by atoms with Crippen molar-refractivity contribution in [3.8, 4) is 0 Å². The normalized spacial score (nSPS) is 10.7. The van der Waals surface area contributed by atoms with Gasteiger partial charge in [-0.3, -0.25) is 10.1 Å². The van der Waals surface area contributed by atoms with Gasteiger partial charge in [0.2, 0.25) is 5.82 Å². The number of imidazole rings is 1. The summed E-state index contributed by atoms with van der Waals surface area (Å²) in [5.74, 6) is 0.481. The lowest BCUT2D eigenvalue weighted by molar-refractivity contribution is -0.384. The van der Waals surface area contributed by atoms with Crippen molar-refractivity contribution < 1.29 is 4.92 Å². The summed E-state index contributed by atoms with van der Waals surface area (Å²) in [7, 11) is 0. The number of anilines is 1. The molecule has 0 amide bonds. The van der Waals surface area contributed by atoms with Crippen molar-refractivity contribution in [1.82, 2.24) is 19.3 Å². The van der Waals surface area contributed by atoms with E-state index in [4.69, 9.17) is 0 Å². The van der Waals surface area contributed by atoms with E-state index in [9.17, 15) is 10.1 Å². The van der Waals surface area contributed by atoms with Crippen molar-refractivity contribution in [3.05, 3.63) is 34.5 Å². The lowest BCUT2D eigenvalue weighted by atomic mass is 10.3. The highest BCUT2D eigenvalue weighted by Crippen LogP contribution is 2.28. The molecule has 0 radical (unpaired) electrons. The molecule has 20 heavy (non-hydrogen) atoms. The lowest BCUT2D eigenvalue weighted by Crippen LogP contribution is -2.14. The van der Waals surface area contributed by atoms with E-state index < -0.39 is 0 Å². The number of hydrogen-bond acceptors (Lipinski definition) is 5. The highest BCUT2D eigenvalue weighted by Gasteiger charge is 2.24. The average Bonchev–Trinajstić information content (AvgIpc) is 2.99. The number of nitrogens with zero attached hydrogens (tertiary/aromatic N) is 5. The van der Waals surface area contributed by atoms with E-state index in [-0.39, 0.29) is 10.6 Å². The van der Waals surface area contributed by atoms with Gasteiger partial charge in [-0.1, -0.05) is 6.92 Å². The Morgan fingerprint density at radius 3 is 2.85 bits per heavy atom. The Kier molecular flexibility index (Phi) is 4.34. The number of hydrogen-bond donors (Lipinski definition) is 1. The van der Waals surface area contributed by atoms with Crippen LogP contribution in [0, 0.1) is 17.0 Å². The second-order valence-electron chi connectivity index (χ2n) is 4.49. The van der Waals surface area contributed by atoms with Crippen LogP contribution < -0.4 is 5.32 Å². The molecule has 0 saturated heterocycles. The number of aryl methyl sites for hydroxylation is 2. The summed E-state index contributed by atoms with van der Waals surface area (Å²) in [6.45, 7) is 5.59. The molecule has 2 aromatic rings. The Morgan fingerprint density at radius 2 is 2.25 bits per heavy atom. The van der Waals surface area contributed by atoms with Crippen LogP contribution in [0.2, 0.25) is 0 Å². The molecule has 0 aliphatic heterocycles. The van der Waals surface area contributed by atoms with Gasteiger partial charge >= 0.3 is 5.69 Å². The molecule has 2 rings (SSSR count). The minimum Gasteiger partial charge on any atom is -0.363 e. The number of nitro groups is 1. The van der Waals surface area contributed by atoms with Crippen molar-refractivity contribution in [2.24, 2.45) is 0 Å². The molecule has 2 aromatic heterocycles. The van der Waals surface area contributed by atoms with E-state index in [0.29, 0.717) is 31.1 Å². The molecule has 0 atom stereocenters. The fourth-order valence-electron chi connectivity index (χ4n) is 2.06. The summed E-state index contributed by atoms with van der Waals surface area (Å²) in [4.78, 5) is 14.7. The van der Waals surface area contributed by atoms with Crippen LogP contribution in [0.3, 0.4) is 0 Å². The molecular formula is C12H18N6O2. The SMILES string of the molecule is CCCn1nc(C)c([N+](=O)[O-])c1NCCn1ccnc1. The summed E-state index contributed by atoms with van der Waals surface area (Å²) >= 11 is 0. The van der Waals surface area contributed by atoms with Crippen molar-refractivity contribution in [3.63, 3.8) is 0 Å². The van der Waals surface area contributed by atoms with Crippen LogP contribution in [0.1, 0.15) is 19.0 Å². The molecule has 0 saturated carbocycles. The first-order valence-electron chi connectivity index (χ1n) is 6.55. The van der Waals surface area contributed by atoms with Crippen LogP contribution in [0.5, 0.6) is 0 Å². The molecule has 0 aliphatic rings. The number of rotatable bonds is 7. The minimum atomic E-state index is -0.381. The van der Waals surface area contributed by atoms with Crippen LogP contribution in [0.4, 0.5) is 11.5 Å². The zero-order valence-electron chi connectivity index (χ0n) is 11.6. The summed E-state index contributed by atoms with van der Waals surface area (Å²) in [6, 6.07) is 0. The largest absolute Gasteiger partial charge is 0.363 e. The Morgan fingerprint density at radius 1 is 1.45 bits per heavy atom. The summed E-state index contributed by atoms with van der Waals surface area (Å²) in [5.41, 5.74) is 0.498. The van der Waals surface area contributed by atoms with Crippen molar-refractivity contribution in [1.29, 1.82) is 0 Å². The third-order valence-electron chi connectivity index (χ3n) is 2.94. The summed E-state index contributed by atoms with van der Waals surface area (Å²) in [5, 5.41) is 18.5. The first-order valence-corrected chi connectivity index (χ1v) is 6.55. The highest BCUT2D eigenvalue weighted by atomic mass is 16.6. The number of nitrogens with one attached hydrogen (secondary N) is 1. The topological polar surface area (TPSA) is 90.8 Å². The lowest BCUT2D eigenvalue weighted by Gasteiger charge is -2.08. The van der Waals surface area contributed by atoms with Crippen LogP contribution >= 0.6 is 0 Å². The van der Waals surface area contributed by atoms with E-state index in [0.717, 1.165) is 6.42 Å². The molecule has 0 aromatic carbocycles. The zero-order valence-corrected chi connectivity index (χ0v) is 11.6. The van der Waals surface area contributed by atoms with Gasteiger partial charge in [0.1, 0.15) is 5.69 Å².